The van der Waals surface area contributed by atoms with E-state index in [4.69, 9.17) is 9.72 Å². The summed E-state index contributed by atoms with van der Waals surface area (Å²) in [5, 5.41) is 44.7. The Hall–Kier alpha value is -8.83. The molecule has 0 saturated carbocycles. The van der Waals surface area contributed by atoms with Gasteiger partial charge in [0.25, 0.3) is 40.5 Å². The van der Waals surface area contributed by atoms with Crippen molar-refractivity contribution in [3.63, 3.8) is 0 Å². The fraction of sp³-hybridized carbons (Fsp3) is 0.0600. The molecule has 0 amide bonds. The van der Waals surface area contributed by atoms with Crippen LogP contribution in [0, 0.1) is 25.2 Å². The maximum atomic E-state index is 12.4. The first-order valence-corrected chi connectivity index (χ1v) is 29.0. The van der Waals surface area contributed by atoms with Gasteiger partial charge in [-0.1, -0.05) is 59.9 Å². The number of azo groups is 3. The Kier molecular flexibility index (Phi) is 15.0. The zero-order valence-corrected chi connectivity index (χ0v) is 44.8. The van der Waals surface area contributed by atoms with E-state index in [-0.39, 0.29) is 93.3 Å². The number of aryl methyl sites for hydroxylation is 1. The Morgan fingerprint density at radius 1 is 0.570 bits per heavy atom. The highest BCUT2D eigenvalue weighted by atomic mass is 32.2. The third-order valence-electron chi connectivity index (χ3n) is 11.7. The number of fused-ring (bicyclic) bond motifs is 2. The van der Waals surface area contributed by atoms with Crippen molar-refractivity contribution < 1.29 is 56.6 Å². The number of nitrogens with zero attached hydrogens (tertiary/aromatic N) is 9. The number of hydrogen-bond acceptors (Lipinski definition) is 21. The van der Waals surface area contributed by atoms with E-state index in [1.165, 1.54) is 55.6 Å². The van der Waals surface area contributed by atoms with Gasteiger partial charge in [-0.05, 0) is 109 Å². The van der Waals surface area contributed by atoms with Crippen LogP contribution >= 0.6 is 11.3 Å². The highest BCUT2D eigenvalue weighted by molar-refractivity contribution is 7.86. The van der Waals surface area contributed by atoms with Gasteiger partial charge in [-0.3, -0.25) is 18.2 Å². The number of thiazole rings is 1. The van der Waals surface area contributed by atoms with Gasteiger partial charge in [-0.15, -0.1) is 20.5 Å². The van der Waals surface area contributed by atoms with Crippen LogP contribution in [0.4, 0.5) is 55.9 Å². The Labute approximate surface area is 453 Å². The molecule has 0 atom stereocenters. The minimum Gasteiger partial charge on any atom is -0.494 e. The van der Waals surface area contributed by atoms with Gasteiger partial charge in [-0.2, -0.15) is 49.2 Å². The smallest absolute Gasteiger partial charge is 0.295 e. The fourth-order valence-electron chi connectivity index (χ4n) is 7.88. The third kappa shape index (κ3) is 12.2. The van der Waals surface area contributed by atoms with Crippen LogP contribution in [0.5, 0.6) is 5.75 Å². The van der Waals surface area contributed by atoms with Gasteiger partial charge in [0, 0.05) is 39.3 Å². The number of nitrogens with one attached hydrogen (secondary N) is 2. The second-order valence-electron chi connectivity index (χ2n) is 16.9. The van der Waals surface area contributed by atoms with Gasteiger partial charge in [0.2, 0.25) is 5.13 Å². The standard InChI is InChI=1S/C50H37N11O13S5/c1-27-21-41(42(74-3)25-40(27)57-56-34-23-38-37(44(24-34)79(71,72)73)9-6-10-43(38)78(68,69)70)58-60-49-46(31-12-11-29-7-4-5-8-30(29)22-31)54-50(75-49)61-59-45-28(2)39(26-51)47(52-32-13-17-35(18-14-32)76(62,63)64)55-48(45)53-33-15-19-36(20-16-33)77(65,66)67/h4-25H,1-3H3,(H2,52,53,55)(H,62,63,64)(H,65,66,67)(H,68,69,70)(H,71,72,73). The van der Waals surface area contributed by atoms with Crippen LogP contribution in [0.1, 0.15) is 16.7 Å². The summed E-state index contributed by atoms with van der Waals surface area (Å²) in [5.74, 6) is 0.145. The molecule has 6 N–H and O–H groups in total. The van der Waals surface area contributed by atoms with Gasteiger partial charge in [0.1, 0.15) is 38.7 Å². The molecule has 7 aromatic carbocycles. The number of benzene rings is 7. The molecule has 0 aliphatic heterocycles. The molecule has 0 aliphatic rings. The zero-order chi connectivity index (χ0) is 56.6. The van der Waals surface area contributed by atoms with E-state index in [9.17, 15) is 57.1 Å². The Bertz CT molecular complexity index is 4570. The molecular formula is C50H37N11O13S5. The molecule has 0 saturated heterocycles. The van der Waals surface area contributed by atoms with Crippen molar-refractivity contribution in [1.29, 1.82) is 5.26 Å². The fourth-order valence-corrected chi connectivity index (χ4v) is 11.0. The molecule has 9 rings (SSSR count). The summed E-state index contributed by atoms with van der Waals surface area (Å²) in [6.07, 6.45) is 0. The molecule has 2 heterocycles. The number of methoxy groups -OCH3 is 1. The van der Waals surface area contributed by atoms with Crippen LogP contribution in [0.15, 0.2) is 184 Å². The third-order valence-corrected chi connectivity index (χ3v) is 16.1. The van der Waals surface area contributed by atoms with Crippen molar-refractivity contribution in [2.24, 2.45) is 30.7 Å². The number of rotatable bonds is 16. The van der Waals surface area contributed by atoms with Crippen LogP contribution in [0.25, 0.3) is 32.8 Å². The van der Waals surface area contributed by atoms with Crippen molar-refractivity contribution >= 4 is 129 Å². The summed E-state index contributed by atoms with van der Waals surface area (Å²) >= 11 is 0.988. The van der Waals surface area contributed by atoms with Gasteiger partial charge in [-0.25, -0.2) is 9.97 Å². The van der Waals surface area contributed by atoms with Crippen molar-refractivity contribution in [2.45, 2.75) is 33.4 Å². The number of aromatic nitrogens is 2. The summed E-state index contributed by atoms with van der Waals surface area (Å²) in [6.45, 7) is 3.24. The van der Waals surface area contributed by atoms with Gasteiger partial charge in [0.05, 0.1) is 33.8 Å². The van der Waals surface area contributed by atoms with Crippen molar-refractivity contribution in [3.8, 4) is 23.1 Å². The molecular weight excluding hydrogens is 1120 g/mol. The van der Waals surface area contributed by atoms with Gasteiger partial charge in [0.15, 0.2) is 16.6 Å². The minimum atomic E-state index is -4.92. The summed E-state index contributed by atoms with van der Waals surface area (Å²) in [6, 6.07) is 34.1. The highest BCUT2D eigenvalue weighted by Gasteiger charge is 2.24. The van der Waals surface area contributed by atoms with E-state index < -0.39 is 50.3 Å². The SMILES string of the molecule is COc1cc(N=Nc2cc(S(=O)(=O)O)c3cccc(S(=O)(=O)O)c3c2)c(C)cc1N=Nc1sc(N=Nc2c(Nc3ccc(S(=O)(=O)O)cc3)nc(Nc3ccc(S(=O)(=O)O)cc3)c(C#N)c2C)nc1-c1ccc2ccccc2c1. The molecule has 400 valence electrons. The van der Waals surface area contributed by atoms with Crippen molar-refractivity contribution in [2.75, 3.05) is 17.7 Å². The largest absolute Gasteiger partial charge is 0.494 e. The number of nitriles is 1. The minimum absolute atomic E-state index is 0.0000152. The summed E-state index contributed by atoms with van der Waals surface area (Å²) < 4.78 is 141. The normalized spacial score (nSPS) is 12.5. The lowest BCUT2D eigenvalue weighted by molar-refractivity contribution is 0.416. The predicted molar refractivity (Wildman–Crippen MR) is 292 cm³/mol. The van der Waals surface area contributed by atoms with Crippen molar-refractivity contribution in [1.82, 2.24) is 9.97 Å². The molecule has 0 spiro atoms. The van der Waals surface area contributed by atoms with Gasteiger partial charge < -0.3 is 15.4 Å². The van der Waals surface area contributed by atoms with E-state index in [0.29, 0.717) is 16.8 Å². The lowest BCUT2D eigenvalue weighted by atomic mass is 10.1. The number of anilines is 4. The predicted octanol–water partition coefficient (Wildman–Crippen LogP) is 12.7. The molecule has 24 nitrogen and oxygen atoms in total. The summed E-state index contributed by atoms with van der Waals surface area (Å²) in [4.78, 5) is 7.38. The molecule has 0 bridgehead atoms. The zero-order valence-electron chi connectivity index (χ0n) is 40.7. The summed E-state index contributed by atoms with van der Waals surface area (Å²) in [5.41, 5.74) is 2.51. The topological polar surface area (TPSA) is 374 Å². The van der Waals surface area contributed by atoms with Crippen LogP contribution in [0.2, 0.25) is 0 Å². The Balaban J connectivity index is 1.10. The lowest BCUT2D eigenvalue weighted by Gasteiger charge is -2.16. The van der Waals surface area contributed by atoms with Crippen LogP contribution < -0.4 is 15.4 Å². The molecule has 0 aliphatic carbocycles. The average molecular weight is 1160 g/mol. The van der Waals surface area contributed by atoms with Crippen molar-refractivity contribution in [3.05, 3.63) is 150 Å². The van der Waals surface area contributed by atoms with E-state index in [1.807, 2.05) is 42.5 Å². The maximum absolute atomic E-state index is 12.4. The van der Waals surface area contributed by atoms with E-state index in [0.717, 1.165) is 58.5 Å². The number of ether oxygens (including phenoxy) is 1. The molecule has 0 unspecified atom stereocenters. The second-order valence-corrected chi connectivity index (χ2v) is 23.5. The molecule has 2 aromatic heterocycles. The number of pyridine rings is 1. The second kappa shape index (κ2) is 21.5. The Morgan fingerprint density at radius 3 is 1.80 bits per heavy atom. The molecule has 9 aromatic rings. The highest BCUT2D eigenvalue weighted by Crippen LogP contribution is 2.45. The lowest BCUT2D eigenvalue weighted by Crippen LogP contribution is -2.05. The molecule has 0 radical (unpaired) electrons. The van der Waals surface area contributed by atoms with E-state index >= 15 is 0 Å². The van der Waals surface area contributed by atoms with Crippen LogP contribution in [-0.4, -0.2) is 69.0 Å². The Morgan fingerprint density at radius 2 is 1.19 bits per heavy atom. The average Bonchev–Trinajstić information content (AvgIpc) is 3.96. The first-order valence-electron chi connectivity index (χ1n) is 22.5. The molecule has 0 fully saturated rings. The summed E-state index contributed by atoms with van der Waals surface area (Å²) in [7, 11) is -17.5. The monoisotopic (exact) mass is 1160 g/mol. The van der Waals surface area contributed by atoms with Gasteiger partial charge >= 0.3 is 0 Å². The van der Waals surface area contributed by atoms with E-state index in [2.05, 4.69) is 52.4 Å². The molecule has 29 heteroatoms. The molecule has 79 heavy (non-hydrogen) atoms. The first kappa shape index (κ1) is 54.9. The maximum Gasteiger partial charge on any atom is 0.295 e. The quantitative estimate of drug-likeness (QED) is 0.0386. The van der Waals surface area contributed by atoms with Crippen LogP contribution in [-0.2, 0) is 40.5 Å². The number of hydrogen-bond donors (Lipinski definition) is 6. The first-order chi connectivity index (χ1) is 37.4. The van der Waals surface area contributed by atoms with E-state index in [1.54, 1.807) is 19.9 Å². The van der Waals surface area contributed by atoms with Crippen LogP contribution in [0.3, 0.4) is 0 Å².